The van der Waals surface area contributed by atoms with E-state index in [-0.39, 0.29) is 5.41 Å². The summed E-state index contributed by atoms with van der Waals surface area (Å²) in [6.07, 6.45) is 3.03. The van der Waals surface area contributed by atoms with E-state index in [1.807, 2.05) is 73.9 Å². The van der Waals surface area contributed by atoms with Gasteiger partial charge in [-0.1, -0.05) is 57.2 Å². The van der Waals surface area contributed by atoms with Crippen molar-refractivity contribution in [3.8, 4) is 5.75 Å². The Labute approximate surface area is 158 Å². The molecule has 0 saturated heterocycles. The minimum Gasteiger partial charge on any atom is -0.487 e. The lowest BCUT2D eigenvalue weighted by Gasteiger charge is -2.23. The van der Waals surface area contributed by atoms with E-state index in [0.29, 0.717) is 13.2 Å². The van der Waals surface area contributed by atoms with E-state index in [1.54, 1.807) is 6.33 Å². The van der Waals surface area contributed by atoms with Gasteiger partial charge in [-0.2, -0.15) is 0 Å². The first-order chi connectivity index (χ1) is 12.8. The number of ether oxygens (including phenoxy) is 1. The monoisotopic (exact) mass is 364 g/mol. The van der Waals surface area contributed by atoms with Gasteiger partial charge in [-0.3, -0.25) is 0 Å². The first-order valence-corrected chi connectivity index (χ1v) is 8.89. The molecule has 0 atom stereocenters. The van der Waals surface area contributed by atoms with Crippen molar-refractivity contribution in [1.82, 2.24) is 9.55 Å². The van der Waals surface area contributed by atoms with Gasteiger partial charge < -0.3 is 14.4 Å². The van der Waals surface area contributed by atoms with Crippen molar-refractivity contribution in [3.05, 3.63) is 72.1 Å². The molecule has 5 nitrogen and oxygen atoms in total. The lowest BCUT2D eigenvalue weighted by Crippen LogP contribution is -2.16. The van der Waals surface area contributed by atoms with Crippen molar-refractivity contribution >= 4 is 17.0 Å². The van der Waals surface area contributed by atoms with Crippen molar-refractivity contribution in [1.29, 1.82) is 0 Å². The molecule has 0 saturated carbocycles. The SMILES string of the molecule is CC(C)(C)/C(=C/C(=O)O)Cn1cnc2c(OCc3ccccc3)cccc21. The average Bonchev–Trinajstić information content (AvgIpc) is 3.03. The number of rotatable bonds is 6. The molecule has 0 spiro atoms. The number of para-hydroxylation sites is 1. The van der Waals surface area contributed by atoms with Gasteiger partial charge in [0.15, 0.2) is 0 Å². The Kier molecular flexibility index (Phi) is 5.31. The second-order valence-corrected chi connectivity index (χ2v) is 7.53. The molecule has 0 aliphatic heterocycles. The van der Waals surface area contributed by atoms with Gasteiger partial charge >= 0.3 is 5.97 Å². The third kappa shape index (κ3) is 4.56. The van der Waals surface area contributed by atoms with Gasteiger partial charge in [0, 0.05) is 12.6 Å². The summed E-state index contributed by atoms with van der Waals surface area (Å²) in [5, 5.41) is 9.19. The second-order valence-electron chi connectivity index (χ2n) is 7.53. The van der Waals surface area contributed by atoms with Crippen LogP contribution in [-0.2, 0) is 17.9 Å². The predicted octanol–water partition coefficient (Wildman–Crippen LogP) is 4.67. The molecule has 1 heterocycles. The van der Waals surface area contributed by atoms with Gasteiger partial charge in [0.05, 0.1) is 11.8 Å². The van der Waals surface area contributed by atoms with Gasteiger partial charge in [-0.15, -0.1) is 0 Å². The fourth-order valence-corrected chi connectivity index (χ4v) is 2.87. The number of carboxylic acid groups (broad SMARTS) is 1. The van der Waals surface area contributed by atoms with Crippen LogP contribution in [0.3, 0.4) is 0 Å². The average molecular weight is 364 g/mol. The van der Waals surface area contributed by atoms with E-state index >= 15 is 0 Å². The van der Waals surface area contributed by atoms with E-state index in [2.05, 4.69) is 4.98 Å². The lowest BCUT2D eigenvalue weighted by atomic mass is 9.86. The molecule has 5 heteroatoms. The molecule has 0 aliphatic rings. The Morgan fingerprint density at radius 2 is 1.89 bits per heavy atom. The van der Waals surface area contributed by atoms with Crippen LogP contribution in [0.4, 0.5) is 0 Å². The van der Waals surface area contributed by atoms with Crippen LogP contribution in [0, 0.1) is 5.41 Å². The summed E-state index contributed by atoms with van der Waals surface area (Å²) in [5.74, 6) is -0.217. The van der Waals surface area contributed by atoms with Crippen molar-refractivity contribution in [2.45, 2.75) is 33.9 Å². The van der Waals surface area contributed by atoms with Crippen LogP contribution in [-0.4, -0.2) is 20.6 Å². The normalized spacial score (nSPS) is 12.3. The van der Waals surface area contributed by atoms with E-state index < -0.39 is 5.97 Å². The minimum absolute atomic E-state index is 0.254. The number of benzene rings is 2. The smallest absolute Gasteiger partial charge is 0.328 e. The first-order valence-electron chi connectivity index (χ1n) is 8.89. The third-order valence-electron chi connectivity index (χ3n) is 4.45. The molecule has 0 fully saturated rings. The van der Waals surface area contributed by atoms with Crippen LogP contribution in [0.2, 0.25) is 0 Å². The summed E-state index contributed by atoms with van der Waals surface area (Å²) in [6.45, 7) is 6.97. The lowest BCUT2D eigenvalue weighted by molar-refractivity contribution is -0.131. The molecule has 0 bridgehead atoms. The van der Waals surface area contributed by atoms with E-state index in [1.165, 1.54) is 6.08 Å². The summed E-state index contributed by atoms with van der Waals surface area (Å²) in [5.41, 5.74) is 3.35. The fraction of sp³-hybridized carbons (Fsp3) is 0.273. The fourth-order valence-electron chi connectivity index (χ4n) is 2.87. The van der Waals surface area contributed by atoms with E-state index in [9.17, 15) is 9.90 Å². The summed E-state index contributed by atoms with van der Waals surface area (Å²) in [6, 6.07) is 15.8. The van der Waals surface area contributed by atoms with Crippen molar-refractivity contribution in [3.63, 3.8) is 0 Å². The maximum atomic E-state index is 11.2. The highest BCUT2D eigenvalue weighted by Gasteiger charge is 2.20. The number of allylic oxidation sites excluding steroid dienone is 1. The number of hydrogen-bond acceptors (Lipinski definition) is 3. The molecule has 27 heavy (non-hydrogen) atoms. The zero-order valence-electron chi connectivity index (χ0n) is 15.8. The molecule has 1 aromatic heterocycles. The van der Waals surface area contributed by atoms with Crippen molar-refractivity contribution in [2.75, 3.05) is 0 Å². The highest BCUT2D eigenvalue weighted by Crippen LogP contribution is 2.30. The molecule has 0 radical (unpaired) electrons. The molecular weight excluding hydrogens is 340 g/mol. The Balaban J connectivity index is 1.87. The molecule has 1 N–H and O–H groups in total. The van der Waals surface area contributed by atoms with Crippen LogP contribution in [0.15, 0.2) is 66.5 Å². The number of nitrogens with zero attached hydrogens (tertiary/aromatic N) is 2. The summed E-state index contributed by atoms with van der Waals surface area (Å²) >= 11 is 0. The zero-order chi connectivity index (χ0) is 19.4. The zero-order valence-corrected chi connectivity index (χ0v) is 15.8. The Bertz CT molecular complexity index is 966. The number of aliphatic carboxylic acids is 1. The Hall–Kier alpha value is -3.08. The summed E-state index contributed by atoms with van der Waals surface area (Å²) < 4.78 is 7.93. The maximum absolute atomic E-state index is 11.2. The van der Waals surface area contributed by atoms with Gasteiger partial charge in [-0.25, -0.2) is 9.78 Å². The van der Waals surface area contributed by atoms with Crippen LogP contribution in [0.25, 0.3) is 11.0 Å². The molecule has 0 unspecified atom stereocenters. The van der Waals surface area contributed by atoms with E-state index in [0.717, 1.165) is 27.9 Å². The highest BCUT2D eigenvalue weighted by molar-refractivity contribution is 5.83. The minimum atomic E-state index is -0.934. The topological polar surface area (TPSA) is 64.3 Å². The van der Waals surface area contributed by atoms with Crippen LogP contribution in [0.5, 0.6) is 5.75 Å². The number of imidazole rings is 1. The molecule has 2 aromatic carbocycles. The molecular formula is C22H24N2O3. The molecule has 0 aliphatic carbocycles. The standard InChI is InChI=1S/C22H24N2O3/c1-22(2,3)17(12-20(25)26)13-24-15-23-21-18(24)10-7-11-19(21)27-14-16-8-5-4-6-9-16/h4-12,15H,13-14H2,1-3H3,(H,25,26)/b17-12+. The summed E-state index contributed by atoms with van der Waals surface area (Å²) in [4.78, 5) is 15.7. The van der Waals surface area contributed by atoms with Crippen molar-refractivity contribution < 1.29 is 14.6 Å². The Morgan fingerprint density at radius 3 is 2.56 bits per heavy atom. The van der Waals surface area contributed by atoms with Crippen LogP contribution >= 0.6 is 0 Å². The van der Waals surface area contributed by atoms with Crippen LogP contribution in [0.1, 0.15) is 26.3 Å². The second kappa shape index (κ2) is 7.66. The quantitative estimate of drug-likeness (QED) is 0.646. The Morgan fingerprint density at radius 1 is 1.15 bits per heavy atom. The largest absolute Gasteiger partial charge is 0.487 e. The molecule has 140 valence electrons. The number of fused-ring (bicyclic) bond motifs is 1. The number of hydrogen-bond donors (Lipinski definition) is 1. The number of carboxylic acids is 1. The van der Waals surface area contributed by atoms with Crippen molar-refractivity contribution in [2.24, 2.45) is 5.41 Å². The van der Waals surface area contributed by atoms with Crippen LogP contribution < -0.4 is 4.74 Å². The van der Waals surface area contributed by atoms with Gasteiger partial charge in [0.2, 0.25) is 0 Å². The van der Waals surface area contributed by atoms with E-state index in [4.69, 9.17) is 4.74 Å². The maximum Gasteiger partial charge on any atom is 0.328 e. The molecule has 3 rings (SSSR count). The van der Waals surface area contributed by atoms with Gasteiger partial charge in [-0.05, 0) is 28.7 Å². The van der Waals surface area contributed by atoms with Gasteiger partial charge in [0.1, 0.15) is 17.9 Å². The summed E-state index contributed by atoms with van der Waals surface area (Å²) in [7, 11) is 0. The van der Waals surface area contributed by atoms with Gasteiger partial charge in [0.25, 0.3) is 0 Å². The third-order valence-corrected chi connectivity index (χ3v) is 4.45. The highest BCUT2D eigenvalue weighted by atomic mass is 16.5. The molecule has 3 aromatic rings. The number of aromatic nitrogens is 2. The molecule has 0 amide bonds. The predicted molar refractivity (Wildman–Crippen MR) is 106 cm³/mol. The first kappa shape index (κ1) is 18.7. The number of carbonyl (C=O) groups is 1.